The minimum absolute atomic E-state index is 0.0412. The van der Waals surface area contributed by atoms with Crippen LogP contribution in [-0.4, -0.2) is 22.3 Å². The number of hydrogen-bond acceptors (Lipinski definition) is 2. The van der Waals surface area contributed by atoms with Gasteiger partial charge in [0, 0.05) is 29.3 Å². The lowest BCUT2D eigenvalue weighted by molar-refractivity contribution is 0.0953. The molecule has 4 heteroatoms. The minimum atomic E-state index is -0.0412. The molecule has 1 aromatic heterocycles. The normalized spacial score (nSPS) is 12.1. The topological polar surface area (TPSA) is 42.0 Å². The molecule has 1 rings (SSSR count). The first-order valence-electron chi connectivity index (χ1n) is 4.52. The molecule has 1 heterocycles. The van der Waals surface area contributed by atoms with Crippen LogP contribution in [-0.2, 0) is 0 Å². The van der Waals surface area contributed by atoms with E-state index in [0.717, 1.165) is 6.42 Å². The van der Waals surface area contributed by atoms with Crippen molar-refractivity contribution in [1.82, 2.24) is 10.3 Å². The van der Waals surface area contributed by atoms with Crippen molar-refractivity contribution in [2.24, 2.45) is 0 Å². The molecule has 3 nitrogen and oxygen atoms in total. The minimum Gasteiger partial charge on any atom is -0.352 e. The third-order valence-corrected chi connectivity index (χ3v) is 2.23. The summed E-state index contributed by atoms with van der Waals surface area (Å²) in [5.74, 6) is -0.0412. The summed E-state index contributed by atoms with van der Waals surface area (Å²) in [6.07, 6.45) is 4.15. The largest absolute Gasteiger partial charge is 0.352 e. The summed E-state index contributed by atoms with van der Waals surface area (Å²) in [6, 6.07) is 3.40. The van der Waals surface area contributed by atoms with Crippen LogP contribution in [0.4, 0.5) is 0 Å². The van der Waals surface area contributed by atoms with Gasteiger partial charge < -0.3 is 5.32 Å². The standard InChI is InChI=1S/C10H13BrN2O/c1-8(11)2-7-13-10(14)9-3-5-12-6-4-9/h3-6,8H,2,7H2,1H3,(H,13,14). The van der Waals surface area contributed by atoms with Crippen LogP contribution in [0, 0.1) is 0 Å². The van der Waals surface area contributed by atoms with Crippen LogP contribution in [0.5, 0.6) is 0 Å². The Hall–Kier alpha value is -0.900. The second-order valence-electron chi connectivity index (χ2n) is 3.06. The van der Waals surface area contributed by atoms with Gasteiger partial charge in [-0.1, -0.05) is 22.9 Å². The van der Waals surface area contributed by atoms with Crippen molar-refractivity contribution in [2.75, 3.05) is 6.54 Å². The van der Waals surface area contributed by atoms with E-state index < -0.39 is 0 Å². The summed E-state index contributed by atoms with van der Waals surface area (Å²) in [4.78, 5) is 15.8. The fourth-order valence-corrected chi connectivity index (χ4v) is 1.22. The number of amides is 1. The zero-order chi connectivity index (χ0) is 10.4. The lowest BCUT2D eigenvalue weighted by Gasteiger charge is -2.05. The van der Waals surface area contributed by atoms with Crippen LogP contribution in [0.3, 0.4) is 0 Å². The van der Waals surface area contributed by atoms with Crippen LogP contribution in [0.2, 0.25) is 0 Å². The number of rotatable bonds is 4. The van der Waals surface area contributed by atoms with Crippen LogP contribution in [0.1, 0.15) is 23.7 Å². The second-order valence-corrected chi connectivity index (χ2v) is 4.62. The van der Waals surface area contributed by atoms with Crippen molar-refractivity contribution in [3.8, 4) is 0 Å². The van der Waals surface area contributed by atoms with E-state index in [-0.39, 0.29) is 5.91 Å². The molecule has 0 radical (unpaired) electrons. The molecule has 0 aliphatic heterocycles. The lowest BCUT2D eigenvalue weighted by atomic mass is 10.2. The molecule has 0 aromatic carbocycles. The Balaban J connectivity index is 2.36. The zero-order valence-electron chi connectivity index (χ0n) is 8.03. The van der Waals surface area contributed by atoms with E-state index in [2.05, 4.69) is 33.2 Å². The quantitative estimate of drug-likeness (QED) is 0.838. The average Bonchev–Trinajstić information content (AvgIpc) is 2.18. The molecule has 1 atom stereocenters. The predicted molar refractivity (Wildman–Crippen MR) is 59.6 cm³/mol. The van der Waals surface area contributed by atoms with Crippen molar-refractivity contribution in [1.29, 1.82) is 0 Å². The molecule has 1 N–H and O–H groups in total. The van der Waals surface area contributed by atoms with E-state index in [4.69, 9.17) is 0 Å². The smallest absolute Gasteiger partial charge is 0.251 e. The van der Waals surface area contributed by atoms with E-state index in [1.165, 1.54) is 0 Å². The van der Waals surface area contributed by atoms with Gasteiger partial charge in [-0.3, -0.25) is 9.78 Å². The van der Waals surface area contributed by atoms with Gasteiger partial charge in [0.2, 0.25) is 0 Å². The van der Waals surface area contributed by atoms with Gasteiger partial charge in [-0.2, -0.15) is 0 Å². The number of halogens is 1. The first-order valence-corrected chi connectivity index (χ1v) is 5.44. The summed E-state index contributed by atoms with van der Waals surface area (Å²) in [5, 5.41) is 2.83. The number of hydrogen-bond donors (Lipinski definition) is 1. The SMILES string of the molecule is CC(Br)CCNC(=O)c1ccncc1. The molecule has 1 amide bonds. The maximum Gasteiger partial charge on any atom is 0.251 e. The van der Waals surface area contributed by atoms with Crippen molar-refractivity contribution >= 4 is 21.8 Å². The molecule has 0 aliphatic rings. The van der Waals surface area contributed by atoms with Gasteiger partial charge in [-0.15, -0.1) is 0 Å². The van der Waals surface area contributed by atoms with Gasteiger partial charge in [0.05, 0.1) is 0 Å². The molecular weight excluding hydrogens is 244 g/mol. The van der Waals surface area contributed by atoms with Crippen LogP contribution >= 0.6 is 15.9 Å². The third-order valence-electron chi connectivity index (χ3n) is 1.77. The van der Waals surface area contributed by atoms with E-state index in [1.54, 1.807) is 24.5 Å². The second kappa shape index (κ2) is 5.75. The molecule has 0 aliphatic carbocycles. The Kier molecular flexibility index (Phi) is 4.59. The molecule has 0 saturated carbocycles. The molecule has 1 aromatic rings. The van der Waals surface area contributed by atoms with E-state index in [9.17, 15) is 4.79 Å². The number of carbonyl (C=O) groups excluding carboxylic acids is 1. The highest BCUT2D eigenvalue weighted by Gasteiger charge is 2.03. The monoisotopic (exact) mass is 256 g/mol. The van der Waals surface area contributed by atoms with Crippen molar-refractivity contribution in [3.63, 3.8) is 0 Å². The Morgan fingerprint density at radius 3 is 2.79 bits per heavy atom. The van der Waals surface area contributed by atoms with Crippen molar-refractivity contribution < 1.29 is 4.79 Å². The number of pyridine rings is 1. The Morgan fingerprint density at radius 1 is 1.57 bits per heavy atom. The van der Waals surface area contributed by atoms with Crippen molar-refractivity contribution in [3.05, 3.63) is 30.1 Å². The highest BCUT2D eigenvalue weighted by Crippen LogP contribution is 2.01. The van der Waals surface area contributed by atoms with E-state index >= 15 is 0 Å². The Morgan fingerprint density at radius 2 is 2.21 bits per heavy atom. The first-order chi connectivity index (χ1) is 6.70. The number of alkyl halides is 1. The zero-order valence-corrected chi connectivity index (χ0v) is 9.62. The third kappa shape index (κ3) is 3.87. The summed E-state index contributed by atoms with van der Waals surface area (Å²) in [6.45, 7) is 2.74. The molecule has 14 heavy (non-hydrogen) atoms. The van der Waals surface area contributed by atoms with Gasteiger partial charge in [0.15, 0.2) is 0 Å². The lowest BCUT2D eigenvalue weighted by Crippen LogP contribution is -2.25. The number of nitrogens with zero attached hydrogens (tertiary/aromatic N) is 1. The summed E-state index contributed by atoms with van der Waals surface area (Å²) in [5.41, 5.74) is 0.655. The van der Waals surface area contributed by atoms with Gasteiger partial charge in [-0.25, -0.2) is 0 Å². The van der Waals surface area contributed by atoms with Gasteiger partial charge >= 0.3 is 0 Å². The van der Waals surface area contributed by atoms with Crippen LogP contribution in [0.15, 0.2) is 24.5 Å². The summed E-state index contributed by atoms with van der Waals surface area (Å²) < 4.78 is 0. The number of carbonyl (C=O) groups is 1. The van der Waals surface area contributed by atoms with E-state index in [1.807, 2.05) is 0 Å². The maximum absolute atomic E-state index is 11.5. The number of nitrogens with one attached hydrogen (secondary N) is 1. The molecule has 0 spiro atoms. The molecule has 0 fully saturated rings. The van der Waals surface area contributed by atoms with E-state index in [0.29, 0.717) is 16.9 Å². The molecular formula is C10H13BrN2O. The first kappa shape index (κ1) is 11.2. The fraction of sp³-hybridized carbons (Fsp3) is 0.400. The van der Waals surface area contributed by atoms with Crippen molar-refractivity contribution in [2.45, 2.75) is 18.2 Å². The fourth-order valence-electron chi connectivity index (χ4n) is 0.990. The predicted octanol–water partition coefficient (Wildman–Crippen LogP) is 1.98. The molecule has 0 saturated heterocycles. The van der Waals surface area contributed by atoms with Gasteiger partial charge in [-0.05, 0) is 18.6 Å². The highest BCUT2D eigenvalue weighted by atomic mass is 79.9. The van der Waals surface area contributed by atoms with Crippen LogP contribution in [0.25, 0.3) is 0 Å². The van der Waals surface area contributed by atoms with Gasteiger partial charge in [0.25, 0.3) is 5.91 Å². The average molecular weight is 257 g/mol. The van der Waals surface area contributed by atoms with Gasteiger partial charge in [0.1, 0.15) is 0 Å². The molecule has 1 unspecified atom stereocenters. The number of aromatic nitrogens is 1. The maximum atomic E-state index is 11.5. The summed E-state index contributed by atoms with van der Waals surface area (Å²) >= 11 is 3.42. The highest BCUT2D eigenvalue weighted by molar-refractivity contribution is 9.09. The molecule has 0 bridgehead atoms. The Labute approximate surface area is 92.1 Å². The summed E-state index contributed by atoms with van der Waals surface area (Å²) in [7, 11) is 0. The molecule has 76 valence electrons. The van der Waals surface area contributed by atoms with Crippen LogP contribution < -0.4 is 5.32 Å². The Bertz CT molecular complexity index is 287.